The fourth-order valence-corrected chi connectivity index (χ4v) is 2.38. The van der Waals surface area contributed by atoms with Crippen molar-refractivity contribution in [2.75, 3.05) is 6.54 Å². The molecule has 90 valence electrons. The molecule has 2 rings (SSSR count). The second-order valence-corrected chi connectivity index (χ2v) is 4.58. The first-order chi connectivity index (χ1) is 7.81. The topological polar surface area (TPSA) is 53.1 Å². The van der Waals surface area contributed by atoms with Gasteiger partial charge < -0.3 is 15.0 Å². The molecule has 2 atom stereocenters. The van der Waals surface area contributed by atoms with Crippen molar-refractivity contribution in [3.8, 4) is 0 Å². The summed E-state index contributed by atoms with van der Waals surface area (Å²) in [5.74, 6) is 1.52. The molecule has 0 amide bonds. The van der Waals surface area contributed by atoms with Crippen molar-refractivity contribution in [2.24, 2.45) is 18.7 Å². The summed E-state index contributed by atoms with van der Waals surface area (Å²) in [6.07, 6.45) is 9.00. The van der Waals surface area contributed by atoms with Crippen molar-refractivity contribution in [2.45, 2.75) is 38.4 Å². The number of aryl methyl sites for hydroxylation is 1. The quantitative estimate of drug-likeness (QED) is 0.840. The lowest BCUT2D eigenvalue weighted by atomic mass is 9.86. The highest BCUT2D eigenvalue weighted by atomic mass is 16.5. The third-order valence-electron chi connectivity index (χ3n) is 3.49. The van der Waals surface area contributed by atoms with Crippen LogP contribution < -0.4 is 5.73 Å². The Hall–Kier alpha value is -0.870. The first kappa shape index (κ1) is 11.6. The van der Waals surface area contributed by atoms with Gasteiger partial charge in [-0.2, -0.15) is 0 Å². The van der Waals surface area contributed by atoms with Gasteiger partial charge in [0.2, 0.25) is 0 Å². The third-order valence-corrected chi connectivity index (χ3v) is 3.49. The molecular formula is C12H21N3O. The van der Waals surface area contributed by atoms with Gasteiger partial charge in [-0.15, -0.1) is 0 Å². The molecule has 0 radical (unpaired) electrons. The van der Waals surface area contributed by atoms with E-state index in [0.717, 1.165) is 18.8 Å². The molecule has 0 bridgehead atoms. The summed E-state index contributed by atoms with van der Waals surface area (Å²) in [4.78, 5) is 4.26. The average Bonchev–Trinajstić information content (AvgIpc) is 2.72. The average molecular weight is 223 g/mol. The first-order valence-corrected chi connectivity index (χ1v) is 6.09. The fraction of sp³-hybridized carbons (Fsp3) is 0.750. The van der Waals surface area contributed by atoms with E-state index in [2.05, 4.69) is 4.98 Å². The molecule has 0 aromatic carbocycles. The van der Waals surface area contributed by atoms with Gasteiger partial charge in [0, 0.05) is 19.4 Å². The van der Waals surface area contributed by atoms with Crippen molar-refractivity contribution in [3.63, 3.8) is 0 Å². The molecule has 1 aliphatic carbocycles. The van der Waals surface area contributed by atoms with Crippen LogP contribution in [0.3, 0.4) is 0 Å². The number of ether oxygens (including phenoxy) is 1. The van der Waals surface area contributed by atoms with E-state index in [4.69, 9.17) is 10.5 Å². The minimum Gasteiger partial charge on any atom is -0.370 e. The summed E-state index contributed by atoms with van der Waals surface area (Å²) in [6.45, 7) is 1.34. The van der Waals surface area contributed by atoms with E-state index in [1.165, 1.54) is 19.3 Å². The van der Waals surface area contributed by atoms with Crippen LogP contribution in [-0.2, 0) is 18.4 Å². The summed E-state index contributed by atoms with van der Waals surface area (Å²) in [5.41, 5.74) is 5.77. The summed E-state index contributed by atoms with van der Waals surface area (Å²) in [6, 6.07) is 0. The Kier molecular flexibility index (Phi) is 3.96. The molecule has 1 fully saturated rings. The summed E-state index contributed by atoms with van der Waals surface area (Å²) >= 11 is 0. The summed E-state index contributed by atoms with van der Waals surface area (Å²) in [5, 5.41) is 0. The Morgan fingerprint density at radius 3 is 3.00 bits per heavy atom. The number of hydrogen-bond donors (Lipinski definition) is 1. The lowest BCUT2D eigenvalue weighted by Gasteiger charge is -2.30. The SMILES string of the molecule is Cn1ccnc1COC1CCCCC1CN. The van der Waals surface area contributed by atoms with Gasteiger partial charge in [-0.1, -0.05) is 12.8 Å². The molecule has 0 spiro atoms. The predicted octanol–water partition coefficient (Wildman–Crippen LogP) is 1.45. The van der Waals surface area contributed by atoms with Crippen molar-refractivity contribution < 1.29 is 4.74 Å². The van der Waals surface area contributed by atoms with Crippen LogP contribution in [0.15, 0.2) is 12.4 Å². The van der Waals surface area contributed by atoms with E-state index in [0.29, 0.717) is 18.6 Å². The highest BCUT2D eigenvalue weighted by molar-refractivity contribution is 4.89. The smallest absolute Gasteiger partial charge is 0.134 e. The van der Waals surface area contributed by atoms with E-state index < -0.39 is 0 Å². The third kappa shape index (κ3) is 2.62. The van der Waals surface area contributed by atoms with Crippen LogP contribution in [-0.4, -0.2) is 22.2 Å². The highest BCUT2D eigenvalue weighted by Crippen LogP contribution is 2.26. The van der Waals surface area contributed by atoms with Gasteiger partial charge in [-0.05, 0) is 25.3 Å². The van der Waals surface area contributed by atoms with Crippen LogP contribution in [0.2, 0.25) is 0 Å². The monoisotopic (exact) mass is 223 g/mol. The summed E-state index contributed by atoms with van der Waals surface area (Å²) < 4.78 is 7.95. The van der Waals surface area contributed by atoms with E-state index in [1.54, 1.807) is 6.20 Å². The molecule has 4 nitrogen and oxygen atoms in total. The van der Waals surface area contributed by atoms with Crippen LogP contribution in [0.4, 0.5) is 0 Å². The van der Waals surface area contributed by atoms with Gasteiger partial charge in [0.05, 0.1) is 6.10 Å². The zero-order chi connectivity index (χ0) is 11.4. The number of imidazole rings is 1. The molecule has 1 saturated carbocycles. The van der Waals surface area contributed by atoms with Gasteiger partial charge in [-0.25, -0.2) is 4.98 Å². The van der Waals surface area contributed by atoms with Crippen LogP contribution in [0, 0.1) is 5.92 Å². The van der Waals surface area contributed by atoms with Gasteiger partial charge in [-0.3, -0.25) is 0 Å². The number of rotatable bonds is 4. The van der Waals surface area contributed by atoms with Crippen LogP contribution in [0.25, 0.3) is 0 Å². The number of hydrogen-bond acceptors (Lipinski definition) is 3. The van der Waals surface area contributed by atoms with E-state index in [-0.39, 0.29) is 0 Å². The van der Waals surface area contributed by atoms with Crippen LogP contribution in [0.1, 0.15) is 31.5 Å². The maximum atomic E-state index is 5.95. The van der Waals surface area contributed by atoms with Gasteiger partial charge >= 0.3 is 0 Å². The molecule has 16 heavy (non-hydrogen) atoms. The second-order valence-electron chi connectivity index (χ2n) is 4.58. The molecule has 4 heteroatoms. The Bertz CT molecular complexity index is 324. The molecule has 0 aliphatic heterocycles. The molecule has 1 aliphatic rings. The molecule has 0 saturated heterocycles. The minimum atomic E-state index is 0.329. The number of nitrogens with two attached hydrogens (primary N) is 1. The number of aromatic nitrogens is 2. The maximum Gasteiger partial charge on any atom is 0.134 e. The lowest BCUT2D eigenvalue weighted by molar-refractivity contribution is -0.0217. The number of nitrogens with zero attached hydrogens (tertiary/aromatic N) is 2. The van der Waals surface area contributed by atoms with Crippen molar-refractivity contribution in [1.82, 2.24) is 9.55 Å². The molecule has 2 N–H and O–H groups in total. The molecular weight excluding hydrogens is 202 g/mol. The normalized spacial score (nSPS) is 25.9. The van der Waals surface area contributed by atoms with Crippen molar-refractivity contribution in [3.05, 3.63) is 18.2 Å². The lowest BCUT2D eigenvalue weighted by Crippen LogP contribution is -2.33. The van der Waals surface area contributed by atoms with Gasteiger partial charge in [0.15, 0.2) is 0 Å². The Morgan fingerprint density at radius 1 is 1.50 bits per heavy atom. The fourth-order valence-electron chi connectivity index (χ4n) is 2.38. The maximum absolute atomic E-state index is 5.95. The van der Waals surface area contributed by atoms with Gasteiger partial charge in [0.25, 0.3) is 0 Å². The largest absolute Gasteiger partial charge is 0.370 e. The Morgan fingerprint density at radius 2 is 2.31 bits per heavy atom. The molecule has 1 aromatic rings. The van der Waals surface area contributed by atoms with E-state index >= 15 is 0 Å². The second kappa shape index (κ2) is 5.46. The zero-order valence-electron chi connectivity index (χ0n) is 9.93. The molecule has 1 aromatic heterocycles. The highest BCUT2D eigenvalue weighted by Gasteiger charge is 2.24. The van der Waals surface area contributed by atoms with Crippen LogP contribution >= 0.6 is 0 Å². The summed E-state index contributed by atoms with van der Waals surface area (Å²) in [7, 11) is 1.99. The minimum absolute atomic E-state index is 0.329. The van der Waals surface area contributed by atoms with E-state index in [9.17, 15) is 0 Å². The van der Waals surface area contributed by atoms with Crippen LogP contribution in [0.5, 0.6) is 0 Å². The predicted molar refractivity (Wildman–Crippen MR) is 62.8 cm³/mol. The molecule has 1 heterocycles. The van der Waals surface area contributed by atoms with Crippen molar-refractivity contribution >= 4 is 0 Å². The van der Waals surface area contributed by atoms with Gasteiger partial charge in [0.1, 0.15) is 12.4 Å². The Balaban J connectivity index is 1.86. The van der Waals surface area contributed by atoms with Crippen molar-refractivity contribution in [1.29, 1.82) is 0 Å². The first-order valence-electron chi connectivity index (χ1n) is 6.09. The Labute approximate surface area is 96.8 Å². The zero-order valence-corrected chi connectivity index (χ0v) is 9.93. The standard InChI is InChI=1S/C12H21N3O/c1-15-7-6-14-12(15)9-16-11-5-3-2-4-10(11)8-13/h6-7,10-11H,2-5,8-9,13H2,1H3. The molecule has 2 unspecified atom stereocenters. The van der Waals surface area contributed by atoms with E-state index in [1.807, 2.05) is 17.8 Å².